The first-order valence-corrected chi connectivity index (χ1v) is 31.8. The van der Waals surface area contributed by atoms with Gasteiger partial charge in [0.05, 0.1) is 47.7 Å². The summed E-state index contributed by atoms with van der Waals surface area (Å²) in [6.45, 7) is 4.71. The van der Waals surface area contributed by atoms with Crippen molar-refractivity contribution in [1.82, 2.24) is 36.1 Å². The normalized spacial score (nSPS) is 17.6. The molecule has 4 aliphatic rings. The van der Waals surface area contributed by atoms with Crippen LogP contribution in [0.5, 0.6) is 40.2 Å². The number of amides is 6. The van der Waals surface area contributed by atoms with Crippen LogP contribution in [0, 0.1) is 10.1 Å². The number of benzene rings is 7. The van der Waals surface area contributed by atoms with E-state index >= 15 is 24.0 Å². The van der Waals surface area contributed by atoms with E-state index in [9.17, 15) is 54.8 Å². The lowest BCUT2D eigenvalue weighted by Gasteiger charge is -2.33. The number of ether oxygens (including phenoxy) is 3. The van der Waals surface area contributed by atoms with Crippen molar-refractivity contribution in [2.24, 2.45) is 0 Å². The van der Waals surface area contributed by atoms with E-state index in [1.54, 1.807) is 20.8 Å². The summed E-state index contributed by atoms with van der Waals surface area (Å²) in [4.78, 5) is 147. The van der Waals surface area contributed by atoms with Gasteiger partial charge in [-0.3, -0.25) is 48.2 Å². The highest BCUT2D eigenvalue weighted by Crippen LogP contribution is 2.46. The third kappa shape index (κ3) is 15.0. The first-order valence-electron chi connectivity index (χ1n) is 29.5. The van der Waals surface area contributed by atoms with Crippen LogP contribution in [0.3, 0.4) is 0 Å². The highest BCUT2D eigenvalue weighted by atomic mass is 35.5. The predicted molar refractivity (Wildman–Crippen MR) is 362 cm³/mol. The molecule has 10 N–H and O–H groups in total. The standard InChI is InChI=1S/C67H54Cl6N8O19/c1-67(2,3)100-66(95)80-26-34-23-44(74-63(92)54(83)33-21-42(72)58(87)43(73)22-33)59(88)75-51(31-17-38(68)56(85)39(69)18-31)61(90)76-50-30-16-37(29-9-12-36(34)45(80)24-29)55(84)49(25-30)99-48-13-6-27(14-46(48)81(96)97)15-47(60(89)78-53(65(94)98-5)28-7-10-35(82)11-8-28)79(4)64(93)52(77-62(50)91)32-19-40(70)57(86)41(71)20-32/h6-14,16-22,24-26,44,47,50-53,82,84-87H,15,23H2,1-5H3,(H,74,92)(H,75,88)(H,76,90)(H,77,91)(H,78,89)/t44-,47+,50-,51-,52-,53-/m1/s1. The summed E-state index contributed by atoms with van der Waals surface area (Å²) in [5.41, 5.74) is -3.72. The lowest BCUT2D eigenvalue weighted by molar-refractivity contribution is -0.385. The molecule has 0 saturated heterocycles. The number of methoxy groups -OCH3 is 1. The molecule has 0 saturated carbocycles. The van der Waals surface area contributed by atoms with E-state index in [1.165, 1.54) is 54.7 Å². The summed E-state index contributed by atoms with van der Waals surface area (Å²) < 4.78 is 18.1. The van der Waals surface area contributed by atoms with E-state index in [2.05, 4.69) is 26.6 Å². The Morgan fingerprint density at radius 3 is 1.76 bits per heavy atom. The SMILES string of the molecule is COC(=O)[C@H](NC(=O)[C@@H]1Cc2ccc(c([N+](=O)[O-])c2)Oc2cc3cc(c2O)-c2ccc4c(cn(C(=O)OC(C)(C)C)c4c2)C[C@@H](NC(=O)C(=O)c2cc(Cl)c(O)c(Cl)c2)C(=O)N[C@H](c2cc(Cl)c(O)c(Cl)c2)C(=O)N[C@H]3C(=O)N[C@H](c2cc(Cl)c(O)c(Cl)c2)C(=O)N1C)c1ccc(O)cc1. The maximum Gasteiger partial charge on any atom is 0.419 e. The summed E-state index contributed by atoms with van der Waals surface area (Å²) in [6, 6.07) is 8.50. The van der Waals surface area contributed by atoms with Crippen LogP contribution in [0.2, 0.25) is 30.1 Å². The number of nitrogens with zero attached hydrogens (tertiary/aromatic N) is 3. The van der Waals surface area contributed by atoms with Crippen molar-refractivity contribution in [1.29, 1.82) is 0 Å². The molecule has 27 nitrogen and oxygen atoms in total. The van der Waals surface area contributed by atoms with Gasteiger partial charge in [0.1, 0.15) is 41.6 Å². The Morgan fingerprint density at radius 2 is 1.20 bits per heavy atom. The van der Waals surface area contributed by atoms with Crippen LogP contribution < -0.4 is 31.3 Å². The van der Waals surface area contributed by atoms with Crippen LogP contribution in [0.1, 0.15) is 88.7 Å². The number of aromatic hydroxyl groups is 5. The van der Waals surface area contributed by atoms with Crippen LogP contribution in [-0.4, -0.2) is 125 Å². The van der Waals surface area contributed by atoms with Gasteiger partial charge in [0, 0.05) is 48.7 Å². The number of nitro benzene ring substituents is 1. The van der Waals surface area contributed by atoms with Crippen LogP contribution in [0.15, 0.2) is 115 Å². The third-order valence-corrected chi connectivity index (χ3v) is 17.8. The fraction of sp³-hybridized carbons (Fsp3) is 0.209. The highest BCUT2D eigenvalue weighted by Gasteiger charge is 2.41. The van der Waals surface area contributed by atoms with E-state index in [1.807, 2.05) is 0 Å². The van der Waals surface area contributed by atoms with Crippen molar-refractivity contribution in [2.75, 3.05) is 14.2 Å². The molecule has 0 spiro atoms. The number of halogens is 6. The van der Waals surface area contributed by atoms with Gasteiger partial charge in [-0.05, 0) is 133 Å². The number of carbonyl (C=O) groups excluding carboxylic acids is 9. The van der Waals surface area contributed by atoms with Crippen molar-refractivity contribution < 1.29 is 87.8 Å². The first-order chi connectivity index (χ1) is 47.1. The second kappa shape index (κ2) is 28.7. The number of hydrogen-bond acceptors (Lipinski definition) is 19. The lowest BCUT2D eigenvalue weighted by atomic mass is 9.94. The van der Waals surface area contributed by atoms with E-state index in [4.69, 9.17) is 83.8 Å². The average Bonchev–Trinajstić information content (AvgIpc) is 1.44. The van der Waals surface area contributed by atoms with Gasteiger partial charge in [0.25, 0.3) is 5.91 Å². The molecular weight excluding hydrogens is 1430 g/mol. The Hall–Kier alpha value is -10.6. The number of hydrogen-bond donors (Lipinski definition) is 10. The van der Waals surface area contributed by atoms with Gasteiger partial charge in [-0.1, -0.05) is 99.9 Å². The number of rotatable bonds is 10. The molecule has 6 atom stereocenters. The summed E-state index contributed by atoms with van der Waals surface area (Å²) in [5.74, 6) is -14.6. The quantitative estimate of drug-likeness (QED) is 0.0200. The first kappa shape index (κ1) is 72.2. The predicted octanol–water partition coefficient (Wildman–Crippen LogP) is 10.5. The minimum absolute atomic E-state index is 0.0181. The van der Waals surface area contributed by atoms with Crippen molar-refractivity contribution in [3.05, 3.63) is 195 Å². The molecule has 1 aromatic heterocycles. The number of carbonyl (C=O) groups is 9. The lowest BCUT2D eigenvalue weighted by Crippen LogP contribution is -2.55. The number of phenols is 5. The van der Waals surface area contributed by atoms with Crippen LogP contribution in [0.25, 0.3) is 22.0 Å². The number of nitro groups is 1. The Bertz CT molecular complexity index is 4720. The Labute approximate surface area is 595 Å². The topological polar surface area (TPSA) is 394 Å². The van der Waals surface area contributed by atoms with E-state index in [0.717, 1.165) is 84.3 Å². The Morgan fingerprint density at radius 1 is 0.660 bits per heavy atom. The van der Waals surface area contributed by atoms with Crippen molar-refractivity contribution in [2.45, 2.75) is 75.5 Å². The number of likely N-dealkylation sites (N-methyl/N-ethyl adjacent to an activating group) is 1. The molecule has 100 heavy (non-hydrogen) atoms. The second-order valence-electron chi connectivity index (χ2n) is 23.9. The zero-order chi connectivity index (χ0) is 72.8. The number of aromatic nitrogens is 1. The highest BCUT2D eigenvalue weighted by molar-refractivity contribution is 6.45. The zero-order valence-corrected chi connectivity index (χ0v) is 56.9. The molecule has 33 heteroatoms. The molecule has 0 unspecified atom stereocenters. The summed E-state index contributed by atoms with van der Waals surface area (Å²) in [5, 5.41) is 77.8. The van der Waals surface area contributed by atoms with Crippen LogP contribution in [-0.2, 0) is 55.9 Å². The monoisotopic (exact) mass is 1480 g/mol. The van der Waals surface area contributed by atoms with Gasteiger partial charge in [-0.15, -0.1) is 0 Å². The maximum atomic E-state index is 16.0. The zero-order valence-electron chi connectivity index (χ0n) is 52.4. The minimum Gasteiger partial charge on any atom is -0.508 e. The number of ketones is 1. The third-order valence-electron chi connectivity index (χ3n) is 16.1. The summed E-state index contributed by atoms with van der Waals surface area (Å²) in [7, 11) is 2.11. The Kier molecular flexibility index (Phi) is 20.7. The maximum absolute atomic E-state index is 16.0. The van der Waals surface area contributed by atoms with Crippen LogP contribution in [0.4, 0.5) is 10.5 Å². The molecule has 0 aliphatic carbocycles. The number of nitrogens with one attached hydrogen (secondary N) is 5. The molecule has 8 aromatic rings. The minimum atomic E-state index is -2.29. The van der Waals surface area contributed by atoms with Gasteiger partial charge in [-0.2, -0.15) is 0 Å². The molecule has 12 rings (SSSR count). The van der Waals surface area contributed by atoms with Gasteiger partial charge >= 0.3 is 17.7 Å². The molecule has 9 bridgehead atoms. The molecule has 0 fully saturated rings. The van der Waals surface area contributed by atoms with Gasteiger partial charge in [0.2, 0.25) is 41.1 Å². The van der Waals surface area contributed by atoms with Crippen molar-refractivity contribution >= 4 is 139 Å². The molecule has 6 amide bonds. The molecule has 5 heterocycles. The smallest absolute Gasteiger partial charge is 0.419 e. The van der Waals surface area contributed by atoms with Crippen molar-refractivity contribution in [3.63, 3.8) is 0 Å². The van der Waals surface area contributed by atoms with E-state index in [0.29, 0.717) is 0 Å². The second-order valence-corrected chi connectivity index (χ2v) is 26.3. The van der Waals surface area contributed by atoms with Gasteiger partial charge in [0.15, 0.2) is 34.8 Å². The largest absolute Gasteiger partial charge is 0.508 e. The Balaban J connectivity index is 1.23. The molecular formula is C67H54Cl6N8O19. The number of fused-ring (bicyclic) bond motifs is 15. The number of esters is 1. The summed E-state index contributed by atoms with van der Waals surface area (Å²) >= 11 is 38.3. The number of phenolic OH excluding ortho intramolecular Hbond substituents is 5. The fourth-order valence-electron chi connectivity index (χ4n) is 11.1. The van der Waals surface area contributed by atoms with E-state index < -0.39 is 194 Å². The van der Waals surface area contributed by atoms with Crippen LogP contribution >= 0.6 is 69.6 Å². The molecule has 0 radical (unpaired) electrons. The summed E-state index contributed by atoms with van der Waals surface area (Å²) in [6.07, 6.45) is -1.05. The molecule has 7 aromatic carbocycles. The van der Waals surface area contributed by atoms with Crippen molar-refractivity contribution in [3.8, 4) is 51.4 Å². The average molecular weight is 1490 g/mol. The van der Waals surface area contributed by atoms with Gasteiger partial charge < -0.3 is 71.2 Å². The van der Waals surface area contributed by atoms with E-state index in [-0.39, 0.29) is 55.6 Å². The number of Topliss-reactive ketones (excluding diaryl/α,β-unsaturated/α-hetero) is 1. The fourth-order valence-corrected chi connectivity index (χ4v) is 12.6. The van der Waals surface area contributed by atoms with Gasteiger partial charge in [-0.25, -0.2) is 9.59 Å². The molecule has 518 valence electrons. The molecule has 4 aliphatic heterocycles.